The minimum Gasteiger partial charge on any atom is -0.347 e. The van der Waals surface area contributed by atoms with E-state index in [0.717, 1.165) is 35.0 Å². The third-order valence-electron chi connectivity index (χ3n) is 5.03. The van der Waals surface area contributed by atoms with Gasteiger partial charge >= 0.3 is 0 Å². The first-order chi connectivity index (χ1) is 15.2. The van der Waals surface area contributed by atoms with Gasteiger partial charge in [0.15, 0.2) is 0 Å². The molecule has 0 unspecified atom stereocenters. The highest BCUT2D eigenvalue weighted by molar-refractivity contribution is 7.99. The molecular formula is C23H26N4O3S2. The number of benzene rings is 1. The zero-order chi connectivity index (χ0) is 22.9. The van der Waals surface area contributed by atoms with Gasteiger partial charge in [-0.05, 0) is 57.7 Å². The average molecular weight is 471 g/mol. The number of aryl methyl sites for hydroxylation is 2. The van der Waals surface area contributed by atoms with E-state index in [4.69, 9.17) is 0 Å². The monoisotopic (exact) mass is 470 g/mol. The number of carbonyl (C=O) groups is 2. The number of hydrogen-bond acceptors (Lipinski definition) is 6. The second-order valence-corrected chi connectivity index (χ2v) is 10.9. The van der Waals surface area contributed by atoms with Crippen LogP contribution in [-0.4, -0.2) is 33.1 Å². The van der Waals surface area contributed by atoms with Gasteiger partial charge in [-0.3, -0.25) is 14.4 Å². The summed E-state index contributed by atoms with van der Waals surface area (Å²) in [6.07, 6.45) is 3.07. The smallest absolute Gasteiger partial charge is 0.259 e. The Labute approximate surface area is 194 Å². The Morgan fingerprint density at radius 2 is 2.00 bits per heavy atom. The van der Waals surface area contributed by atoms with Gasteiger partial charge in [-0.15, -0.1) is 23.1 Å². The molecule has 32 heavy (non-hydrogen) atoms. The maximum absolute atomic E-state index is 12.5. The van der Waals surface area contributed by atoms with Crippen molar-refractivity contribution >= 4 is 50.8 Å². The van der Waals surface area contributed by atoms with Gasteiger partial charge in [-0.25, -0.2) is 4.98 Å². The molecule has 0 radical (unpaired) electrons. The summed E-state index contributed by atoms with van der Waals surface area (Å²) in [4.78, 5) is 47.1. The molecule has 0 fully saturated rings. The Morgan fingerprint density at radius 3 is 2.78 bits per heavy atom. The fraction of sp³-hybridized carbons (Fsp3) is 0.391. The first-order valence-corrected chi connectivity index (χ1v) is 12.5. The number of nitrogens with one attached hydrogen (secondary N) is 3. The first kappa shape index (κ1) is 22.5. The molecule has 9 heteroatoms. The molecule has 0 atom stereocenters. The van der Waals surface area contributed by atoms with Crippen molar-refractivity contribution in [2.75, 3.05) is 11.1 Å². The van der Waals surface area contributed by atoms with Gasteiger partial charge in [0, 0.05) is 10.4 Å². The lowest BCUT2D eigenvalue weighted by atomic mass is 10.1. The van der Waals surface area contributed by atoms with E-state index in [2.05, 4.69) is 20.6 Å². The van der Waals surface area contributed by atoms with E-state index >= 15 is 0 Å². The zero-order valence-corrected chi connectivity index (χ0v) is 20.0. The van der Waals surface area contributed by atoms with Gasteiger partial charge in [0.25, 0.3) is 11.5 Å². The molecule has 0 saturated heterocycles. The third kappa shape index (κ3) is 5.05. The molecule has 3 aromatic rings. The highest BCUT2D eigenvalue weighted by Gasteiger charge is 2.21. The molecule has 1 aliphatic rings. The molecule has 0 bridgehead atoms. The largest absolute Gasteiger partial charge is 0.347 e. The van der Waals surface area contributed by atoms with Crippen LogP contribution in [-0.2, 0) is 23.4 Å². The van der Waals surface area contributed by atoms with Gasteiger partial charge in [-0.1, -0.05) is 12.1 Å². The molecular weight excluding hydrogens is 444 g/mol. The minimum atomic E-state index is -0.377. The average Bonchev–Trinajstić information content (AvgIpc) is 3.27. The molecule has 1 aliphatic carbocycles. The summed E-state index contributed by atoms with van der Waals surface area (Å²) in [5.74, 6) is 0.722. The van der Waals surface area contributed by atoms with Crippen molar-refractivity contribution in [3.63, 3.8) is 0 Å². The van der Waals surface area contributed by atoms with Crippen molar-refractivity contribution < 1.29 is 9.59 Å². The summed E-state index contributed by atoms with van der Waals surface area (Å²) < 4.78 is 0. The first-order valence-electron chi connectivity index (χ1n) is 10.5. The summed E-state index contributed by atoms with van der Waals surface area (Å²) in [7, 11) is 0. The molecule has 0 saturated carbocycles. The molecule has 168 valence electrons. The number of carbonyl (C=O) groups excluding carboxylic acids is 2. The molecule has 2 heterocycles. The second-order valence-electron chi connectivity index (χ2n) is 8.84. The van der Waals surface area contributed by atoms with E-state index in [1.54, 1.807) is 35.6 Å². The summed E-state index contributed by atoms with van der Waals surface area (Å²) in [5.41, 5.74) is 1.58. The zero-order valence-electron chi connectivity index (χ0n) is 18.3. The normalized spacial score (nSPS) is 13.2. The minimum absolute atomic E-state index is 0.0896. The van der Waals surface area contributed by atoms with Crippen LogP contribution < -0.4 is 16.2 Å². The van der Waals surface area contributed by atoms with Crippen LogP contribution in [0.4, 0.5) is 5.69 Å². The molecule has 4 rings (SSSR count). The Morgan fingerprint density at radius 1 is 1.22 bits per heavy atom. The van der Waals surface area contributed by atoms with Gasteiger partial charge in [0.1, 0.15) is 10.7 Å². The maximum atomic E-state index is 12.5. The third-order valence-corrected chi connectivity index (χ3v) is 7.16. The summed E-state index contributed by atoms with van der Waals surface area (Å²) >= 11 is 2.97. The van der Waals surface area contributed by atoms with Crippen molar-refractivity contribution in [3.8, 4) is 0 Å². The predicted molar refractivity (Wildman–Crippen MR) is 131 cm³/mol. The summed E-state index contributed by atoms with van der Waals surface area (Å²) in [6, 6.07) is 6.94. The lowest BCUT2D eigenvalue weighted by molar-refractivity contribution is -0.113. The van der Waals surface area contributed by atoms with Crippen LogP contribution in [0.3, 0.4) is 0 Å². The fourth-order valence-electron chi connectivity index (χ4n) is 3.74. The summed E-state index contributed by atoms with van der Waals surface area (Å²) in [5, 5.41) is 6.47. The van der Waals surface area contributed by atoms with Crippen LogP contribution in [0.5, 0.6) is 0 Å². The highest BCUT2D eigenvalue weighted by atomic mass is 32.2. The number of anilines is 1. The molecule has 7 nitrogen and oxygen atoms in total. The Hall–Kier alpha value is -2.65. The van der Waals surface area contributed by atoms with Gasteiger partial charge < -0.3 is 15.6 Å². The van der Waals surface area contributed by atoms with Crippen LogP contribution in [0.15, 0.2) is 29.1 Å². The van der Waals surface area contributed by atoms with Crippen molar-refractivity contribution in [2.45, 2.75) is 51.3 Å². The van der Waals surface area contributed by atoms with E-state index in [1.165, 1.54) is 16.6 Å². The number of nitrogens with zero attached hydrogens (tertiary/aromatic N) is 1. The van der Waals surface area contributed by atoms with Crippen molar-refractivity contribution in [2.24, 2.45) is 0 Å². The van der Waals surface area contributed by atoms with E-state index in [9.17, 15) is 14.4 Å². The molecule has 1 aromatic carbocycles. The van der Waals surface area contributed by atoms with E-state index < -0.39 is 0 Å². The van der Waals surface area contributed by atoms with Gasteiger partial charge in [0.05, 0.1) is 28.1 Å². The van der Waals surface area contributed by atoms with E-state index in [1.807, 2.05) is 20.8 Å². The van der Waals surface area contributed by atoms with Crippen molar-refractivity contribution in [1.29, 1.82) is 0 Å². The van der Waals surface area contributed by atoms with Gasteiger partial charge in [0.2, 0.25) is 5.91 Å². The van der Waals surface area contributed by atoms with Crippen LogP contribution in [0.2, 0.25) is 0 Å². The number of hydrogen-bond donors (Lipinski definition) is 3. The number of thiophene rings is 1. The Bertz CT molecular complexity index is 1240. The number of fused-ring (bicyclic) bond motifs is 3. The van der Waals surface area contributed by atoms with E-state index in [0.29, 0.717) is 22.8 Å². The number of H-pyrrole nitrogens is 1. The maximum Gasteiger partial charge on any atom is 0.259 e. The van der Waals surface area contributed by atoms with Crippen LogP contribution in [0.25, 0.3) is 10.2 Å². The molecule has 0 spiro atoms. The van der Waals surface area contributed by atoms with Crippen molar-refractivity contribution in [3.05, 3.63) is 56.4 Å². The lowest BCUT2D eigenvalue weighted by Crippen LogP contribution is -2.40. The van der Waals surface area contributed by atoms with E-state index in [-0.39, 0.29) is 28.7 Å². The lowest BCUT2D eigenvalue weighted by Gasteiger charge is -2.21. The summed E-state index contributed by atoms with van der Waals surface area (Å²) in [6.45, 7) is 5.72. The van der Waals surface area contributed by atoms with Crippen LogP contribution in [0.1, 0.15) is 53.8 Å². The topological polar surface area (TPSA) is 104 Å². The standard InChI is InChI=1S/C23H26N4O3S2/c1-23(2,3)27-20(29)13-7-4-5-9-15(13)24-18(28)12-31-11-17-25-21(30)19-14-8-6-10-16(14)32-22(19)26-17/h4-5,7,9H,6,8,10-12H2,1-3H3,(H,24,28)(H,27,29)(H,25,26,30). The molecule has 0 aliphatic heterocycles. The quantitative estimate of drug-likeness (QED) is 0.507. The molecule has 2 amide bonds. The fourth-order valence-corrected chi connectivity index (χ4v) is 5.71. The SMILES string of the molecule is CC(C)(C)NC(=O)c1ccccc1NC(=O)CSCc1nc2sc3c(c2c(=O)[nH]1)CCC3. The van der Waals surface area contributed by atoms with Crippen LogP contribution >= 0.6 is 23.1 Å². The number of amides is 2. The number of aromatic amines is 1. The number of rotatable bonds is 6. The number of aromatic nitrogens is 2. The molecule has 2 aromatic heterocycles. The predicted octanol–water partition coefficient (Wildman–Crippen LogP) is 3.87. The number of para-hydroxylation sites is 1. The molecule has 3 N–H and O–H groups in total. The Balaban J connectivity index is 1.37. The van der Waals surface area contributed by atoms with Crippen LogP contribution in [0, 0.1) is 0 Å². The second kappa shape index (κ2) is 9.07. The number of thioether (sulfide) groups is 1. The van der Waals surface area contributed by atoms with Gasteiger partial charge in [-0.2, -0.15) is 0 Å². The Kier molecular flexibility index (Phi) is 6.39. The highest BCUT2D eigenvalue weighted by Crippen LogP contribution is 2.34. The van der Waals surface area contributed by atoms with Crippen molar-refractivity contribution in [1.82, 2.24) is 15.3 Å².